The lowest BCUT2D eigenvalue weighted by molar-refractivity contribution is -0.145. The van der Waals surface area contributed by atoms with Crippen LogP contribution in [0.4, 0.5) is 0 Å². The van der Waals surface area contributed by atoms with E-state index in [4.69, 9.17) is 10.2 Å². The van der Waals surface area contributed by atoms with E-state index in [0.29, 0.717) is 0 Å². The van der Waals surface area contributed by atoms with Crippen molar-refractivity contribution in [3.05, 3.63) is 24.3 Å². The Kier molecular flexibility index (Phi) is 4.09. The standard InChI is InChI=1S/C9H9N3O5/c13-7(14)1-6(9(16)17)12-8(15)5-2-10-4-11-3-5/h2-4,6H,1H2,(H,12,15)(H,13,14)(H,16,17). The zero-order valence-electron chi connectivity index (χ0n) is 8.53. The molecule has 0 aliphatic heterocycles. The van der Waals surface area contributed by atoms with Gasteiger partial charge in [0.1, 0.15) is 12.4 Å². The van der Waals surface area contributed by atoms with E-state index in [1.807, 2.05) is 0 Å². The van der Waals surface area contributed by atoms with Crippen molar-refractivity contribution >= 4 is 17.8 Å². The molecule has 1 amide bonds. The average Bonchev–Trinajstić information content (AvgIpc) is 2.28. The van der Waals surface area contributed by atoms with Crippen LogP contribution < -0.4 is 5.32 Å². The highest BCUT2D eigenvalue weighted by Gasteiger charge is 2.23. The van der Waals surface area contributed by atoms with Crippen molar-refractivity contribution < 1.29 is 24.6 Å². The molecule has 0 spiro atoms. The zero-order valence-corrected chi connectivity index (χ0v) is 8.53. The summed E-state index contributed by atoms with van der Waals surface area (Å²) < 4.78 is 0. The van der Waals surface area contributed by atoms with Gasteiger partial charge in [0.05, 0.1) is 12.0 Å². The van der Waals surface area contributed by atoms with Gasteiger partial charge in [0.15, 0.2) is 0 Å². The largest absolute Gasteiger partial charge is 0.481 e. The second-order valence-corrected chi connectivity index (χ2v) is 3.09. The predicted molar refractivity (Wildman–Crippen MR) is 53.2 cm³/mol. The van der Waals surface area contributed by atoms with E-state index in [9.17, 15) is 14.4 Å². The lowest BCUT2D eigenvalue weighted by atomic mass is 10.2. The fourth-order valence-electron chi connectivity index (χ4n) is 1.03. The van der Waals surface area contributed by atoms with Crippen molar-refractivity contribution in [1.29, 1.82) is 0 Å². The van der Waals surface area contributed by atoms with Gasteiger partial charge in [-0.05, 0) is 0 Å². The quantitative estimate of drug-likeness (QED) is 0.609. The highest BCUT2D eigenvalue weighted by molar-refractivity contribution is 5.96. The first kappa shape index (κ1) is 12.6. The van der Waals surface area contributed by atoms with Crippen LogP contribution in [0, 0.1) is 0 Å². The van der Waals surface area contributed by atoms with E-state index in [0.717, 1.165) is 0 Å². The van der Waals surface area contributed by atoms with Crippen LogP contribution in [0.25, 0.3) is 0 Å². The summed E-state index contributed by atoms with van der Waals surface area (Å²) in [6, 6.07) is -1.49. The minimum atomic E-state index is -1.49. The van der Waals surface area contributed by atoms with Gasteiger partial charge in [-0.2, -0.15) is 0 Å². The summed E-state index contributed by atoms with van der Waals surface area (Å²) in [5, 5.41) is 19.3. The normalized spacial score (nSPS) is 11.5. The molecule has 8 nitrogen and oxygen atoms in total. The van der Waals surface area contributed by atoms with Gasteiger partial charge in [-0.15, -0.1) is 0 Å². The lowest BCUT2D eigenvalue weighted by Crippen LogP contribution is -2.42. The summed E-state index contributed by atoms with van der Waals surface area (Å²) in [5.41, 5.74) is 0.0594. The van der Waals surface area contributed by atoms with E-state index in [2.05, 4.69) is 15.3 Å². The molecule has 0 saturated carbocycles. The molecule has 8 heteroatoms. The topological polar surface area (TPSA) is 129 Å². The first-order valence-corrected chi connectivity index (χ1v) is 4.51. The molecule has 0 saturated heterocycles. The maximum atomic E-state index is 11.5. The van der Waals surface area contributed by atoms with Crippen molar-refractivity contribution in [3.8, 4) is 0 Å². The van der Waals surface area contributed by atoms with Crippen LogP contribution in [-0.4, -0.2) is 44.1 Å². The molecular weight excluding hydrogens is 230 g/mol. The Hall–Kier alpha value is -2.51. The lowest BCUT2D eigenvalue weighted by Gasteiger charge is -2.11. The van der Waals surface area contributed by atoms with Crippen LogP contribution in [0.15, 0.2) is 18.7 Å². The third-order valence-electron chi connectivity index (χ3n) is 1.80. The Morgan fingerprint density at radius 3 is 2.29 bits per heavy atom. The first-order valence-electron chi connectivity index (χ1n) is 4.51. The van der Waals surface area contributed by atoms with Crippen molar-refractivity contribution in [2.45, 2.75) is 12.5 Å². The summed E-state index contributed by atoms with van der Waals surface area (Å²) in [6.45, 7) is 0. The Morgan fingerprint density at radius 1 is 1.24 bits per heavy atom. The van der Waals surface area contributed by atoms with Crippen LogP contribution >= 0.6 is 0 Å². The Morgan fingerprint density at radius 2 is 1.82 bits per heavy atom. The molecule has 0 aliphatic carbocycles. The molecule has 17 heavy (non-hydrogen) atoms. The van der Waals surface area contributed by atoms with Crippen LogP contribution in [0.3, 0.4) is 0 Å². The molecule has 0 fully saturated rings. The van der Waals surface area contributed by atoms with Crippen LogP contribution in [0.5, 0.6) is 0 Å². The van der Waals surface area contributed by atoms with Crippen molar-refractivity contribution in [2.75, 3.05) is 0 Å². The van der Waals surface area contributed by atoms with Gasteiger partial charge in [-0.3, -0.25) is 9.59 Å². The highest BCUT2D eigenvalue weighted by atomic mass is 16.4. The maximum Gasteiger partial charge on any atom is 0.326 e. The van der Waals surface area contributed by atoms with Crippen LogP contribution in [-0.2, 0) is 9.59 Å². The number of carbonyl (C=O) groups excluding carboxylic acids is 1. The number of carboxylic acids is 2. The average molecular weight is 239 g/mol. The zero-order chi connectivity index (χ0) is 12.8. The second-order valence-electron chi connectivity index (χ2n) is 3.09. The van der Waals surface area contributed by atoms with Crippen molar-refractivity contribution in [3.63, 3.8) is 0 Å². The molecule has 1 aromatic rings. The number of amides is 1. The number of carbonyl (C=O) groups is 3. The van der Waals surface area contributed by atoms with Crippen LogP contribution in [0.2, 0.25) is 0 Å². The fraction of sp³-hybridized carbons (Fsp3) is 0.222. The fourth-order valence-corrected chi connectivity index (χ4v) is 1.03. The number of nitrogens with one attached hydrogen (secondary N) is 1. The number of hydrogen-bond acceptors (Lipinski definition) is 5. The molecule has 1 unspecified atom stereocenters. The summed E-state index contributed by atoms with van der Waals surface area (Å²) in [7, 11) is 0. The van der Waals surface area contributed by atoms with Crippen LogP contribution in [0.1, 0.15) is 16.8 Å². The monoisotopic (exact) mass is 239 g/mol. The first-order chi connectivity index (χ1) is 8.00. The number of hydrogen-bond donors (Lipinski definition) is 3. The predicted octanol–water partition coefficient (Wildman–Crippen LogP) is -0.866. The van der Waals surface area contributed by atoms with Gasteiger partial charge >= 0.3 is 11.9 Å². The highest BCUT2D eigenvalue weighted by Crippen LogP contribution is 1.98. The molecule has 0 aromatic carbocycles. The summed E-state index contributed by atoms with van der Waals surface area (Å²) in [4.78, 5) is 39.7. The summed E-state index contributed by atoms with van der Waals surface area (Å²) in [5.74, 6) is -3.47. The van der Waals surface area contributed by atoms with E-state index in [1.54, 1.807) is 0 Å². The molecule has 1 rings (SSSR count). The smallest absolute Gasteiger partial charge is 0.326 e. The van der Waals surface area contributed by atoms with Gasteiger partial charge in [-0.1, -0.05) is 0 Å². The van der Waals surface area contributed by atoms with Gasteiger partial charge in [0.25, 0.3) is 5.91 Å². The molecule has 0 aliphatic rings. The minimum Gasteiger partial charge on any atom is -0.481 e. The Bertz CT molecular complexity index is 434. The molecule has 90 valence electrons. The van der Waals surface area contributed by atoms with E-state index in [1.165, 1.54) is 18.7 Å². The summed E-state index contributed by atoms with van der Waals surface area (Å²) in [6.07, 6.45) is 2.90. The van der Waals surface area contributed by atoms with Crippen molar-refractivity contribution in [1.82, 2.24) is 15.3 Å². The molecule has 1 atom stereocenters. The van der Waals surface area contributed by atoms with Gasteiger partial charge in [-0.25, -0.2) is 14.8 Å². The maximum absolute atomic E-state index is 11.5. The number of carboxylic acid groups (broad SMARTS) is 2. The van der Waals surface area contributed by atoms with Gasteiger partial charge < -0.3 is 15.5 Å². The van der Waals surface area contributed by atoms with E-state index < -0.39 is 30.3 Å². The van der Waals surface area contributed by atoms with Gasteiger partial charge in [0.2, 0.25) is 0 Å². The number of aliphatic carboxylic acids is 2. The molecule has 1 heterocycles. The number of rotatable bonds is 5. The van der Waals surface area contributed by atoms with Gasteiger partial charge in [0, 0.05) is 12.4 Å². The molecular formula is C9H9N3O5. The summed E-state index contributed by atoms with van der Waals surface area (Å²) >= 11 is 0. The third kappa shape index (κ3) is 3.86. The SMILES string of the molecule is O=C(O)CC(NC(=O)c1cncnc1)C(=O)O. The van der Waals surface area contributed by atoms with Crippen molar-refractivity contribution in [2.24, 2.45) is 0 Å². The Labute approximate surface area is 95.3 Å². The number of nitrogens with zero attached hydrogens (tertiary/aromatic N) is 2. The molecule has 0 bridgehead atoms. The minimum absolute atomic E-state index is 0.0594. The molecule has 0 radical (unpaired) electrons. The molecule has 3 N–H and O–H groups in total. The van der Waals surface area contributed by atoms with E-state index in [-0.39, 0.29) is 5.56 Å². The van der Waals surface area contributed by atoms with E-state index >= 15 is 0 Å². The Balaban J connectivity index is 2.71. The third-order valence-corrected chi connectivity index (χ3v) is 1.80. The second kappa shape index (κ2) is 5.54. The number of aromatic nitrogens is 2. The molecule has 1 aromatic heterocycles.